The number of benzene rings is 1. The van der Waals surface area contributed by atoms with Gasteiger partial charge in [0.2, 0.25) is 0 Å². The molecule has 130 valence electrons. The predicted octanol–water partition coefficient (Wildman–Crippen LogP) is 2.78. The van der Waals surface area contributed by atoms with Crippen LogP contribution in [-0.2, 0) is 5.75 Å². The fourth-order valence-electron chi connectivity index (χ4n) is 2.62. The molecule has 0 saturated heterocycles. The molecule has 0 unspecified atom stereocenters. The van der Waals surface area contributed by atoms with Crippen molar-refractivity contribution in [3.8, 4) is 11.4 Å². The zero-order chi connectivity index (χ0) is 18.1. The van der Waals surface area contributed by atoms with Crippen molar-refractivity contribution >= 4 is 17.5 Å². The maximum atomic E-state index is 12.4. The predicted molar refractivity (Wildman–Crippen MR) is 100 cm³/mol. The summed E-state index contributed by atoms with van der Waals surface area (Å²) in [5.74, 6) is 1.47. The van der Waals surface area contributed by atoms with E-state index in [0.717, 1.165) is 17.0 Å². The molecule has 0 radical (unpaired) electrons. The molecule has 4 rings (SSSR count). The van der Waals surface area contributed by atoms with E-state index in [0.29, 0.717) is 28.2 Å². The van der Waals surface area contributed by atoms with Crippen molar-refractivity contribution in [3.63, 3.8) is 0 Å². The van der Waals surface area contributed by atoms with Crippen LogP contribution in [0.5, 0.6) is 0 Å². The number of nitrogens with one attached hydrogen (secondary N) is 1. The molecular formula is C18H16N6OS. The van der Waals surface area contributed by atoms with Gasteiger partial charge in [0.1, 0.15) is 0 Å². The van der Waals surface area contributed by atoms with Gasteiger partial charge >= 0.3 is 0 Å². The monoisotopic (exact) mass is 364 g/mol. The van der Waals surface area contributed by atoms with Gasteiger partial charge in [0.25, 0.3) is 11.3 Å². The molecule has 4 aromatic rings. The molecule has 0 bridgehead atoms. The molecular weight excluding hydrogens is 348 g/mol. The molecule has 7 nitrogen and oxygen atoms in total. The topological polar surface area (TPSA) is 88.8 Å². The Labute approximate surface area is 153 Å². The van der Waals surface area contributed by atoms with Crippen molar-refractivity contribution in [2.24, 2.45) is 0 Å². The summed E-state index contributed by atoms with van der Waals surface area (Å²) < 4.78 is 1.35. The number of aromatic nitrogens is 6. The molecule has 0 aliphatic carbocycles. The Morgan fingerprint density at radius 3 is 2.46 bits per heavy atom. The third-order valence-corrected chi connectivity index (χ3v) is 4.62. The number of aryl methyl sites for hydroxylation is 2. The van der Waals surface area contributed by atoms with Crippen molar-refractivity contribution < 1.29 is 0 Å². The fourth-order valence-corrected chi connectivity index (χ4v) is 3.46. The summed E-state index contributed by atoms with van der Waals surface area (Å²) in [5, 5.41) is 3.67. The van der Waals surface area contributed by atoms with Gasteiger partial charge in [-0.25, -0.2) is 15.0 Å². The zero-order valence-electron chi connectivity index (χ0n) is 14.3. The number of hydrogen-bond donors (Lipinski definition) is 1. The number of H-pyrrole nitrogens is 1. The van der Waals surface area contributed by atoms with Crippen molar-refractivity contribution in [3.05, 3.63) is 69.9 Å². The maximum absolute atomic E-state index is 12.4. The van der Waals surface area contributed by atoms with Gasteiger partial charge in [-0.2, -0.15) is 9.50 Å². The molecule has 0 spiro atoms. The van der Waals surface area contributed by atoms with Crippen LogP contribution in [0.15, 0.2) is 52.4 Å². The van der Waals surface area contributed by atoms with Gasteiger partial charge < -0.3 is 0 Å². The van der Waals surface area contributed by atoms with Crippen LogP contribution in [0, 0.1) is 13.8 Å². The van der Waals surface area contributed by atoms with Crippen molar-refractivity contribution in [1.82, 2.24) is 29.5 Å². The highest BCUT2D eigenvalue weighted by Crippen LogP contribution is 2.19. The molecule has 1 aromatic carbocycles. The lowest BCUT2D eigenvalue weighted by molar-refractivity contribution is 0.885. The summed E-state index contributed by atoms with van der Waals surface area (Å²) in [5.41, 5.74) is 3.19. The van der Waals surface area contributed by atoms with Crippen LogP contribution in [0.25, 0.3) is 17.2 Å². The van der Waals surface area contributed by atoms with Crippen molar-refractivity contribution in [2.75, 3.05) is 0 Å². The second-order valence-electron chi connectivity index (χ2n) is 5.88. The Balaban J connectivity index is 1.63. The Bertz CT molecular complexity index is 1120. The van der Waals surface area contributed by atoms with Gasteiger partial charge in [0.05, 0.1) is 5.69 Å². The molecule has 0 amide bonds. The minimum atomic E-state index is -0.193. The lowest BCUT2D eigenvalue weighted by Gasteiger charge is -2.02. The highest BCUT2D eigenvalue weighted by molar-refractivity contribution is 7.98. The van der Waals surface area contributed by atoms with Crippen LogP contribution in [0.3, 0.4) is 0 Å². The average molecular weight is 364 g/mol. The fraction of sp³-hybridized carbons (Fsp3) is 0.167. The van der Waals surface area contributed by atoms with E-state index in [1.54, 1.807) is 0 Å². The summed E-state index contributed by atoms with van der Waals surface area (Å²) >= 11 is 1.45. The Hall–Kier alpha value is -3.00. The minimum Gasteiger partial charge on any atom is -0.271 e. The van der Waals surface area contributed by atoms with E-state index in [2.05, 4.69) is 25.0 Å². The molecule has 0 aliphatic rings. The largest absolute Gasteiger partial charge is 0.274 e. The van der Waals surface area contributed by atoms with Crippen LogP contribution < -0.4 is 5.56 Å². The first kappa shape index (κ1) is 16.5. The average Bonchev–Trinajstić information content (AvgIpc) is 3.05. The maximum Gasteiger partial charge on any atom is 0.274 e. The van der Waals surface area contributed by atoms with E-state index < -0.39 is 0 Å². The molecule has 0 aliphatic heterocycles. The van der Waals surface area contributed by atoms with Gasteiger partial charge in [-0.1, -0.05) is 42.1 Å². The molecule has 0 fully saturated rings. The van der Waals surface area contributed by atoms with Gasteiger partial charge in [-0.3, -0.25) is 9.89 Å². The second-order valence-corrected chi connectivity index (χ2v) is 6.82. The third kappa shape index (κ3) is 3.36. The number of hydrogen-bond acceptors (Lipinski definition) is 6. The Morgan fingerprint density at radius 2 is 1.73 bits per heavy atom. The van der Waals surface area contributed by atoms with Gasteiger partial charge in [-0.15, -0.1) is 0 Å². The summed E-state index contributed by atoms with van der Waals surface area (Å²) in [7, 11) is 0. The lowest BCUT2D eigenvalue weighted by atomic mass is 10.2. The van der Waals surface area contributed by atoms with E-state index in [-0.39, 0.29) is 5.56 Å². The first-order valence-corrected chi connectivity index (χ1v) is 9.06. The summed E-state index contributed by atoms with van der Waals surface area (Å²) in [6.07, 6.45) is 0. The highest BCUT2D eigenvalue weighted by atomic mass is 32.2. The summed E-state index contributed by atoms with van der Waals surface area (Å²) in [6.45, 7) is 3.87. The lowest BCUT2D eigenvalue weighted by Crippen LogP contribution is -2.15. The molecule has 0 saturated carbocycles. The van der Waals surface area contributed by atoms with Gasteiger partial charge in [0, 0.05) is 28.8 Å². The van der Waals surface area contributed by atoms with Crippen LogP contribution in [0.2, 0.25) is 0 Å². The van der Waals surface area contributed by atoms with Gasteiger partial charge in [-0.05, 0) is 19.9 Å². The van der Waals surface area contributed by atoms with Crippen molar-refractivity contribution in [2.45, 2.75) is 24.8 Å². The van der Waals surface area contributed by atoms with Crippen molar-refractivity contribution in [1.29, 1.82) is 0 Å². The second kappa shape index (κ2) is 6.72. The molecule has 1 N–H and O–H groups in total. The quantitative estimate of drug-likeness (QED) is 0.442. The van der Waals surface area contributed by atoms with Crippen LogP contribution >= 0.6 is 11.8 Å². The Kier molecular flexibility index (Phi) is 4.26. The minimum absolute atomic E-state index is 0.193. The Morgan fingerprint density at radius 1 is 1.00 bits per heavy atom. The molecule has 26 heavy (non-hydrogen) atoms. The number of aromatic amines is 1. The third-order valence-electron chi connectivity index (χ3n) is 3.74. The van der Waals surface area contributed by atoms with E-state index in [1.807, 2.05) is 50.2 Å². The first-order valence-electron chi connectivity index (χ1n) is 8.08. The molecule has 3 heterocycles. The summed E-state index contributed by atoms with van der Waals surface area (Å²) in [4.78, 5) is 30.1. The SMILES string of the molecule is Cc1cc(C)nc(SCc2cc(=O)n3[nH]c(-c4ccccc4)nc3n2)n1. The zero-order valence-corrected chi connectivity index (χ0v) is 15.1. The van der Waals surface area contributed by atoms with Gasteiger partial charge in [0.15, 0.2) is 11.0 Å². The van der Waals surface area contributed by atoms with E-state index >= 15 is 0 Å². The number of rotatable bonds is 4. The molecule has 3 aromatic heterocycles. The summed E-state index contributed by atoms with van der Waals surface area (Å²) in [6, 6.07) is 13.1. The van der Waals surface area contributed by atoms with Crippen LogP contribution in [0.1, 0.15) is 17.1 Å². The molecule has 8 heteroatoms. The highest BCUT2D eigenvalue weighted by Gasteiger charge is 2.10. The van der Waals surface area contributed by atoms with Crippen LogP contribution in [-0.4, -0.2) is 29.5 Å². The molecule has 0 atom stereocenters. The van der Waals surface area contributed by atoms with E-state index in [4.69, 9.17) is 0 Å². The standard InChI is InChI=1S/C18H16N6OS/c1-11-8-12(2)20-18(19-11)26-10-14-9-15(25)24-17(21-14)22-16(23-24)13-6-4-3-5-7-13/h3-9H,10H2,1-2H3,(H,21,22,23). The van der Waals surface area contributed by atoms with E-state index in [9.17, 15) is 4.79 Å². The number of fused-ring (bicyclic) bond motifs is 1. The normalized spacial score (nSPS) is 11.2. The van der Waals surface area contributed by atoms with Crippen LogP contribution in [0.4, 0.5) is 0 Å². The smallest absolute Gasteiger partial charge is 0.271 e. The van der Waals surface area contributed by atoms with E-state index in [1.165, 1.54) is 22.3 Å². The number of nitrogens with zero attached hydrogens (tertiary/aromatic N) is 5. The number of thioether (sulfide) groups is 1. The first-order chi connectivity index (χ1) is 12.6.